The van der Waals surface area contributed by atoms with Crippen molar-refractivity contribution in [2.45, 2.75) is 44.7 Å². The van der Waals surface area contributed by atoms with Crippen molar-refractivity contribution in [3.05, 3.63) is 32.3 Å². The number of nitro groups is 1. The number of rotatable bonds is 8. The second kappa shape index (κ2) is 10.1. The van der Waals surface area contributed by atoms with Crippen molar-refractivity contribution < 1.29 is 28.3 Å². The Kier molecular flexibility index (Phi) is 7.60. The van der Waals surface area contributed by atoms with Gasteiger partial charge in [-0.05, 0) is 31.9 Å². The molecule has 2 N–H and O–H groups in total. The van der Waals surface area contributed by atoms with Gasteiger partial charge in [0, 0.05) is 19.0 Å². The first-order chi connectivity index (χ1) is 15.9. The van der Waals surface area contributed by atoms with Crippen LogP contribution in [0.3, 0.4) is 0 Å². The Morgan fingerprint density at radius 3 is 2.82 bits per heavy atom. The van der Waals surface area contributed by atoms with E-state index in [4.69, 9.17) is 33.0 Å². The van der Waals surface area contributed by atoms with E-state index in [1.165, 1.54) is 13.1 Å². The summed E-state index contributed by atoms with van der Waals surface area (Å²) >= 11 is 11.8. The van der Waals surface area contributed by atoms with Crippen LogP contribution in [0.1, 0.15) is 31.5 Å². The molecule has 1 aliphatic heterocycles. The molecule has 0 radical (unpaired) electrons. The molecule has 1 aliphatic rings. The first-order valence-electron chi connectivity index (χ1n) is 10.1. The summed E-state index contributed by atoms with van der Waals surface area (Å²) in [4.78, 5) is 30.2. The SMILES string of the molecule is Cc1c([N+](=O)[O-])c(OCC[C@@H](C)Nc2nc(Cl)ncc2Cl)nn1C1CCN(C(=O)O)CC1(F)F. The number of ether oxygens (including phenoxy) is 1. The van der Waals surface area contributed by atoms with Gasteiger partial charge in [0.1, 0.15) is 22.6 Å². The highest BCUT2D eigenvalue weighted by atomic mass is 35.5. The highest BCUT2D eigenvalue weighted by Crippen LogP contribution is 2.41. The zero-order chi connectivity index (χ0) is 25.2. The summed E-state index contributed by atoms with van der Waals surface area (Å²) in [6.07, 6.45) is -0.0631. The normalized spacial score (nSPS) is 18.4. The average Bonchev–Trinajstić information content (AvgIpc) is 3.05. The summed E-state index contributed by atoms with van der Waals surface area (Å²) in [6, 6.07) is -1.81. The summed E-state index contributed by atoms with van der Waals surface area (Å²) in [7, 11) is 0. The Balaban J connectivity index is 1.72. The predicted molar refractivity (Wildman–Crippen MR) is 117 cm³/mol. The van der Waals surface area contributed by atoms with E-state index in [9.17, 15) is 23.7 Å². The van der Waals surface area contributed by atoms with Crippen LogP contribution in [0, 0.1) is 17.0 Å². The molecule has 3 heterocycles. The van der Waals surface area contributed by atoms with Crippen molar-refractivity contribution in [3.8, 4) is 5.88 Å². The Morgan fingerprint density at radius 1 is 1.50 bits per heavy atom. The molecular formula is C18H21Cl2F2N7O5. The third-order valence-corrected chi connectivity index (χ3v) is 5.74. The molecule has 3 rings (SSSR count). The number of likely N-dealkylation sites (tertiary alicyclic amines) is 1. The van der Waals surface area contributed by atoms with Gasteiger partial charge in [-0.3, -0.25) is 10.1 Å². The number of hydrogen-bond acceptors (Lipinski definition) is 8. The van der Waals surface area contributed by atoms with E-state index in [1.54, 1.807) is 6.92 Å². The Labute approximate surface area is 202 Å². The van der Waals surface area contributed by atoms with Crippen LogP contribution in [-0.4, -0.2) is 72.4 Å². The Hall–Kier alpha value is -3.00. The number of piperidine rings is 1. The summed E-state index contributed by atoms with van der Waals surface area (Å²) in [6.45, 7) is 1.86. The molecule has 1 amide bonds. The van der Waals surface area contributed by atoms with Crippen molar-refractivity contribution in [1.29, 1.82) is 0 Å². The minimum atomic E-state index is -3.48. The Morgan fingerprint density at radius 2 is 2.21 bits per heavy atom. The van der Waals surface area contributed by atoms with E-state index in [0.717, 1.165) is 4.68 Å². The molecule has 1 saturated heterocycles. The Bertz CT molecular complexity index is 1090. The van der Waals surface area contributed by atoms with Gasteiger partial charge in [0.05, 0.1) is 24.3 Å². The second-order valence-corrected chi connectivity index (χ2v) is 8.47. The second-order valence-electron chi connectivity index (χ2n) is 7.73. The molecule has 186 valence electrons. The molecule has 34 heavy (non-hydrogen) atoms. The lowest BCUT2D eigenvalue weighted by molar-refractivity contribution is -0.386. The van der Waals surface area contributed by atoms with Gasteiger partial charge < -0.3 is 20.1 Å². The number of aromatic nitrogens is 4. The summed E-state index contributed by atoms with van der Waals surface area (Å²) < 4.78 is 35.7. The zero-order valence-corrected chi connectivity index (χ0v) is 19.6. The molecule has 0 spiro atoms. The summed E-state index contributed by atoms with van der Waals surface area (Å²) in [5.41, 5.74) is -0.635. The fourth-order valence-corrected chi connectivity index (χ4v) is 3.85. The van der Waals surface area contributed by atoms with Crippen molar-refractivity contribution in [2.75, 3.05) is 25.0 Å². The van der Waals surface area contributed by atoms with Crippen LogP contribution >= 0.6 is 23.2 Å². The molecule has 0 aliphatic carbocycles. The smallest absolute Gasteiger partial charge is 0.407 e. The molecule has 1 fully saturated rings. The molecule has 12 nitrogen and oxygen atoms in total. The number of carbonyl (C=O) groups is 1. The van der Waals surface area contributed by atoms with Crippen LogP contribution in [0.2, 0.25) is 10.3 Å². The molecule has 0 aromatic carbocycles. The lowest BCUT2D eigenvalue weighted by Gasteiger charge is -2.37. The molecule has 16 heteroatoms. The van der Waals surface area contributed by atoms with Crippen LogP contribution in [0.25, 0.3) is 0 Å². The first-order valence-corrected chi connectivity index (χ1v) is 10.8. The largest absolute Gasteiger partial charge is 0.472 e. The highest BCUT2D eigenvalue weighted by molar-refractivity contribution is 6.33. The van der Waals surface area contributed by atoms with E-state index in [2.05, 4.69) is 20.4 Å². The number of nitrogens with one attached hydrogen (secondary N) is 1. The summed E-state index contributed by atoms with van der Waals surface area (Å²) in [5, 5.41) is 27.8. The minimum absolute atomic E-state index is 0.00187. The number of amides is 1. The minimum Gasteiger partial charge on any atom is -0.472 e. The molecule has 0 saturated carbocycles. The van der Waals surface area contributed by atoms with Gasteiger partial charge in [0.2, 0.25) is 5.28 Å². The maximum Gasteiger partial charge on any atom is 0.407 e. The number of hydrogen-bond donors (Lipinski definition) is 2. The van der Waals surface area contributed by atoms with Gasteiger partial charge >= 0.3 is 17.7 Å². The zero-order valence-electron chi connectivity index (χ0n) is 18.0. The van der Waals surface area contributed by atoms with Crippen LogP contribution in [0.4, 0.5) is 25.1 Å². The number of anilines is 1. The van der Waals surface area contributed by atoms with Crippen molar-refractivity contribution >= 4 is 40.8 Å². The standard InChI is InChI=1S/C18H21Cl2F2N7O5/c1-9(24-14-11(19)7-23-16(20)25-14)4-6-34-15-13(29(32)33)10(2)28(26-15)12-3-5-27(17(30)31)8-18(12,21)22/h7,9,12H,3-6,8H2,1-2H3,(H,30,31)(H,23,24,25)/t9-,12?/m1/s1. The van der Waals surface area contributed by atoms with E-state index >= 15 is 0 Å². The monoisotopic (exact) mass is 523 g/mol. The molecule has 1 unspecified atom stereocenters. The van der Waals surface area contributed by atoms with E-state index < -0.39 is 41.1 Å². The van der Waals surface area contributed by atoms with Crippen LogP contribution in [0.5, 0.6) is 5.88 Å². The number of carboxylic acid groups (broad SMARTS) is 1. The van der Waals surface area contributed by atoms with Gasteiger partial charge in [-0.2, -0.15) is 4.98 Å². The maximum atomic E-state index is 14.7. The highest BCUT2D eigenvalue weighted by Gasteiger charge is 2.49. The van der Waals surface area contributed by atoms with Gasteiger partial charge in [-0.15, -0.1) is 5.10 Å². The van der Waals surface area contributed by atoms with Gasteiger partial charge in [0.25, 0.3) is 5.92 Å². The van der Waals surface area contributed by atoms with E-state index in [1.807, 2.05) is 0 Å². The van der Waals surface area contributed by atoms with Crippen molar-refractivity contribution in [2.24, 2.45) is 0 Å². The molecule has 2 aromatic rings. The molecule has 0 bridgehead atoms. The topological polar surface area (TPSA) is 149 Å². The molecular weight excluding hydrogens is 503 g/mol. The number of nitrogens with zero attached hydrogens (tertiary/aromatic N) is 6. The lowest BCUT2D eigenvalue weighted by atomic mass is 10.0. The fraction of sp³-hybridized carbons (Fsp3) is 0.556. The fourth-order valence-electron chi connectivity index (χ4n) is 3.57. The quantitative estimate of drug-likeness (QED) is 0.297. The number of alkyl halides is 2. The van der Waals surface area contributed by atoms with Crippen molar-refractivity contribution in [3.63, 3.8) is 0 Å². The third kappa shape index (κ3) is 5.55. The first kappa shape index (κ1) is 25.6. The van der Waals surface area contributed by atoms with Gasteiger partial charge in [-0.1, -0.05) is 11.6 Å². The maximum absolute atomic E-state index is 14.7. The van der Waals surface area contributed by atoms with E-state index in [-0.39, 0.29) is 41.6 Å². The number of halogens is 4. The van der Waals surface area contributed by atoms with Gasteiger partial charge in [0.15, 0.2) is 0 Å². The molecule has 2 atom stereocenters. The third-order valence-electron chi connectivity index (χ3n) is 5.28. The lowest BCUT2D eigenvalue weighted by Crippen LogP contribution is -2.51. The molecule has 2 aromatic heterocycles. The van der Waals surface area contributed by atoms with Crippen molar-refractivity contribution in [1.82, 2.24) is 24.6 Å². The van der Waals surface area contributed by atoms with Gasteiger partial charge in [-0.25, -0.2) is 23.2 Å². The van der Waals surface area contributed by atoms with E-state index in [0.29, 0.717) is 17.1 Å². The van der Waals surface area contributed by atoms with Crippen LogP contribution in [0.15, 0.2) is 6.20 Å². The average molecular weight is 524 g/mol. The summed E-state index contributed by atoms with van der Waals surface area (Å²) in [5.74, 6) is -3.57. The predicted octanol–water partition coefficient (Wildman–Crippen LogP) is 4.03. The van der Waals surface area contributed by atoms with Crippen LogP contribution in [-0.2, 0) is 0 Å². The van der Waals surface area contributed by atoms with Crippen LogP contribution < -0.4 is 10.1 Å².